The Labute approximate surface area is 534 Å². The molecule has 0 aliphatic heterocycles. The van der Waals surface area contributed by atoms with E-state index in [1.54, 1.807) is 0 Å². The summed E-state index contributed by atoms with van der Waals surface area (Å²) < 4.78 is 2.83. The number of aryl methyl sites for hydroxylation is 4. The van der Waals surface area contributed by atoms with Gasteiger partial charge in [0.25, 0.3) is 0 Å². The first kappa shape index (κ1) is 67.3. The van der Waals surface area contributed by atoms with Crippen molar-refractivity contribution >= 4 is 49.5 Å². The molecule has 0 unspecified atom stereocenters. The molecule has 0 nitrogen and oxygen atoms in total. The van der Waals surface area contributed by atoms with Gasteiger partial charge in [-0.3, -0.25) is 12.2 Å². The molecule has 0 saturated heterocycles. The third-order valence-corrected chi connectivity index (χ3v) is 17.5. The number of halogens is 2. The number of hydrogen-bond donors (Lipinski definition) is 0. The molecular formula is C78H80Cl2Zr2-2. The normalized spacial score (nSPS) is 12.2. The molecule has 416 valence electrons. The van der Waals surface area contributed by atoms with Gasteiger partial charge in [-0.15, -0.1) is 92.3 Å². The fourth-order valence-corrected chi connectivity index (χ4v) is 11.4. The van der Waals surface area contributed by atoms with E-state index in [0.29, 0.717) is 23.7 Å². The van der Waals surface area contributed by atoms with E-state index < -0.39 is 0 Å². The second-order valence-corrected chi connectivity index (χ2v) is 25.0. The molecule has 10 aromatic rings. The Kier molecular flexibility index (Phi) is 27.2. The summed E-state index contributed by atoms with van der Waals surface area (Å²) in [6.45, 7) is 26.4. The fourth-order valence-electron chi connectivity index (χ4n) is 9.77. The summed E-state index contributed by atoms with van der Waals surface area (Å²) in [6.07, 6.45) is 13.6. The molecule has 2 aliphatic rings. The first-order chi connectivity index (χ1) is 38.4. The van der Waals surface area contributed by atoms with Crippen LogP contribution < -0.4 is 24.8 Å². The molecule has 0 bridgehead atoms. The van der Waals surface area contributed by atoms with Crippen LogP contribution in [0.15, 0.2) is 241 Å². The number of rotatable bonds is 8. The molecule has 0 amide bonds. The number of allylic oxidation sites excluding steroid dienone is 8. The summed E-state index contributed by atoms with van der Waals surface area (Å²) in [5.74, 6) is 2.68. The van der Waals surface area contributed by atoms with Gasteiger partial charge in [0.05, 0.1) is 0 Å². The van der Waals surface area contributed by atoms with E-state index in [1.807, 2.05) is 0 Å². The van der Waals surface area contributed by atoms with Crippen molar-refractivity contribution in [2.45, 2.75) is 95.9 Å². The first-order valence-electron chi connectivity index (χ1n) is 28.6. The second kappa shape index (κ2) is 33.1. The van der Waals surface area contributed by atoms with Gasteiger partial charge in [-0.05, 0) is 39.5 Å². The summed E-state index contributed by atoms with van der Waals surface area (Å²) >= 11 is 2.92. The van der Waals surface area contributed by atoms with Crippen molar-refractivity contribution in [1.82, 2.24) is 0 Å². The number of hydrogen-bond acceptors (Lipinski definition) is 0. The van der Waals surface area contributed by atoms with Crippen LogP contribution in [0.2, 0.25) is 0 Å². The molecule has 82 heavy (non-hydrogen) atoms. The Hall–Kier alpha value is -5.45. The zero-order valence-electron chi connectivity index (χ0n) is 50.3. The Morgan fingerprint density at radius 3 is 0.756 bits per heavy atom. The van der Waals surface area contributed by atoms with Gasteiger partial charge in [0, 0.05) is 0 Å². The molecule has 0 aromatic heterocycles. The van der Waals surface area contributed by atoms with Gasteiger partial charge in [-0.1, -0.05) is 138 Å². The molecule has 0 heterocycles. The Bertz CT molecular complexity index is 3320. The molecule has 0 fully saturated rings. The molecule has 2 aliphatic carbocycles. The zero-order chi connectivity index (χ0) is 57.3. The van der Waals surface area contributed by atoms with Gasteiger partial charge in [0.1, 0.15) is 0 Å². The molecule has 0 radical (unpaired) electrons. The van der Waals surface area contributed by atoms with Crippen molar-refractivity contribution < 1.29 is 73.3 Å². The van der Waals surface area contributed by atoms with Crippen LogP contribution in [-0.4, -0.2) is 6.41 Å². The summed E-state index contributed by atoms with van der Waals surface area (Å²) in [4.78, 5) is 0. The predicted molar refractivity (Wildman–Crippen MR) is 343 cm³/mol. The van der Waals surface area contributed by atoms with Crippen LogP contribution in [0, 0.1) is 63.5 Å². The van der Waals surface area contributed by atoms with E-state index in [-0.39, 0.29) is 24.8 Å². The SMILES string of the molecule is CC(C)C1=[C-]CC(C(C)C)=C1.CC(C)C1=[C-]CC(C(C)C)=C1.Cc1ccc2c(c1)[cH-]c1cc(C)ccc12.Cc1ccc2c(c1)[cH-]c1cc(C)ccc12.[Cl-].[Cl-].[Zr+2]=[C](c1ccccc1)c1ccccc1.[Zr+2]=[C](c1ccccc1)c1ccccc1. The van der Waals surface area contributed by atoms with Crippen molar-refractivity contribution in [1.29, 1.82) is 0 Å². The predicted octanol–water partition coefficient (Wildman–Crippen LogP) is 15.0. The summed E-state index contributed by atoms with van der Waals surface area (Å²) in [5, 5.41) is 10.9. The van der Waals surface area contributed by atoms with E-state index in [1.165, 1.54) is 165 Å². The van der Waals surface area contributed by atoms with Gasteiger partial charge >= 0.3 is 198 Å². The van der Waals surface area contributed by atoms with Crippen molar-refractivity contribution in [3.63, 3.8) is 0 Å². The Balaban J connectivity index is 0.000000180. The van der Waals surface area contributed by atoms with Crippen LogP contribution in [0.5, 0.6) is 0 Å². The number of fused-ring (bicyclic) bond motifs is 6. The monoisotopic (exact) mass is 1270 g/mol. The minimum absolute atomic E-state index is 0. The first-order valence-corrected chi connectivity index (χ1v) is 31.1. The summed E-state index contributed by atoms with van der Waals surface area (Å²) in [5.41, 5.74) is 16.5. The molecule has 4 heteroatoms. The summed E-state index contributed by atoms with van der Waals surface area (Å²) in [7, 11) is 0. The van der Waals surface area contributed by atoms with Crippen molar-refractivity contribution in [2.75, 3.05) is 0 Å². The van der Waals surface area contributed by atoms with Crippen LogP contribution in [0.3, 0.4) is 0 Å². The van der Waals surface area contributed by atoms with Crippen LogP contribution >= 0.6 is 0 Å². The van der Waals surface area contributed by atoms with Crippen LogP contribution in [0.4, 0.5) is 0 Å². The van der Waals surface area contributed by atoms with Crippen LogP contribution in [0.25, 0.3) is 43.1 Å². The average molecular weight is 1270 g/mol. The topological polar surface area (TPSA) is 0 Å². The molecule has 0 saturated carbocycles. The van der Waals surface area contributed by atoms with E-state index >= 15 is 0 Å². The Morgan fingerprint density at radius 2 is 0.573 bits per heavy atom. The zero-order valence-corrected chi connectivity index (χ0v) is 56.7. The van der Waals surface area contributed by atoms with Crippen LogP contribution in [-0.2, 0) is 48.5 Å². The standard InChI is InChI=1S/2C15H13.2C13H10.2C11H17.2ClH.2Zr/c2*1-10-3-5-14-12(7-10)9-13-8-11(2)4-6-15(13)14;2*1-3-7-12(8-4-1)11-13-9-5-2-6-10-13;2*1-8(2)10-5-6-11(7-10)9(3)4;;;;/h2*3-9H,1-2H3;2*1-10H;2*7-9H,5H2,1-4H3;2*1H;;/q2*-1;;;2*-1;;;2*+2/p-2. The van der Waals surface area contributed by atoms with E-state index in [9.17, 15) is 0 Å². The van der Waals surface area contributed by atoms with E-state index in [4.69, 9.17) is 0 Å². The van der Waals surface area contributed by atoms with Gasteiger partial charge in [-0.2, -0.15) is 11.1 Å². The Morgan fingerprint density at radius 1 is 0.341 bits per heavy atom. The van der Waals surface area contributed by atoms with Gasteiger partial charge < -0.3 is 24.8 Å². The third-order valence-electron chi connectivity index (χ3n) is 14.7. The van der Waals surface area contributed by atoms with E-state index in [0.717, 1.165) is 12.8 Å². The van der Waals surface area contributed by atoms with Crippen LogP contribution in [0.1, 0.15) is 113 Å². The fraction of sp³-hybridized carbons (Fsp3) is 0.231. The molecule has 0 spiro atoms. The third kappa shape index (κ3) is 19.3. The maximum atomic E-state index is 3.41. The quantitative estimate of drug-likeness (QED) is 0.133. The van der Waals surface area contributed by atoms with E-state index in [2.05, 4.69) is 314 Å². The van der Waals surface area contributed by atoms with Gasteiger partial charge in [-0.25, -0.2) is 23.3 Å². The number of benzene rings is 8. The van der Waals surface area contributed by atoms with Crippen molar-refractivity contribution in [3.05, 3.63) is 297 Å². The second-order valence-electron chi connectivity index (χ2n) is 22.5. The minimum atomic E-state index is 0. The molecule has 0 atom stereocenters. The van der Waals surface area contributed by atoms with Crippen molar-refractivity contribution in [2.24, 2.45) is 23.7 Å². The van der Waals surface area contributed by atoms with Gasteiger partial charge in [0.2, 0.25) is 0 Å². The molecule has 10 aromatic carbocycles. The van der Waals surface area contributed by atoms with Gasteiger partial charge in [0.15, 0.2) is 0 Å². The molecule has 12 rings (SSSR count). The van der Waals surface area contributed by atoms with Crippen molar-refractivity contribution in [3.8, 4) is 0 Å². The maximum absolute atomic E-state index is 3.41. The molecule has 0 N–H and O–H groups in total. The molecular weight excluding hydrogens is 1190 g/mol. The average Bonchev–Trinajstić information content (AvgIpc) is 4.30. The summed E-state index contributed by atoms with van der Waals surface area (Å²) in [6, 6.07) is 73.4.